The summed E-state index contributed by atoms with van der Waals surface area (Å²) in [5.41, 5.74) is 0.649. The molecule has 0 aliphatic heterocycles. The molecule has 2 rings (SSSR count). The zero-order valence-corrected chi connectivity index (χ0v) is 13.0. The molecule has 0 radical (unpaired) electrons. The maximum absolute atomic E-state index is 12.1. The van der Waals surface area contributed by atoms with Crippen molar-refractivity contribution in [2.45, 2.75) is 31.9 Å². The molecule has 0 fully saturated rings. The van der Waals surface area contributed by atoms with Crippen LogP contribution in [0.5, 0.6) is 0 Å². The maximum Gasteiger partial charge on any atom is 0.250 e. The third kappa shape index (κ3) is 4.56. The van der Waals surface area contributed by atoms with Crippen molar-refractivity contribution < 1.29 is 4.79 Å². The largest absolute Gasteiger partial charge is 0.322 e. The summed E-state index contributed by atoms with van der Waals surface area (Å²) in [6, 6.07) is 1.74. The molecule has 2 aromatic heterocycles. The predicted octanol–water partition coefficient (Wildman–Crippen LogP) is 2.52. The highest BCUT2D eigenvalue weighted by Crippen LogP contribution is 2.15. The van der Waals surface area contributed by atoms with Crippen molar-refractivity contribution >= 4 is 23.4 Å². The minimum Gasteiger partial charge on any atom is -0.322 e. The van der Waals surface area contributed by atoms with E-state index < -0.39 is 0 Å². The van der Waals surface area contributed by atoms with Crippen molar-refractivity contribution in [1.82, 2.24) is 19.7 Å². The number of thioether (sulfide) groups is 1. The second-order valence-corrected chi connectivity index (χ2v) is 6.03. The van der Waals surface area contributed by atoms with Gasteiger partial charge in [-0.05, 0) is 25.2 Å². The van der Waals surface area contributed by atoms with Gasteiger partial charge in [-0.3, -0.25) is 4.79 Å². The average molecular weight is 305 g/mol. The first-order valence-corrected chi connectivity index (χ1v) is 8.00. The number of aromatic nitrogens is 4. The molecular formula is C14H19N5OS. The van der Waals surface area contributed by atoms with Crippen LogP contribution < -0.4 is 5.32 Å². The summed E-state index contributed by atoms with van der Waals surface area (Å²) < 4.78 is 1.53. The fourth-order valence-electron chi connectivity index (χ4n) is 1.63. The van der Waals surface area contributed by atoms with Gasteiger partial charge in [0.1, 0.15) is 0 Å². The molecule has 6 nitrogen and oxygen atoms in total. The second-order valence-electron chi connectivity index (χ2n) is 4.58. The van der Waals surface area contributed by atoms with Gasteiger partial charge >= 0.3 is 0 Å². The minimum atomic E-state index is -0.0760. The molecule has 0 aromatic carbocycles. The van der Waals surface area contributed by atoms with E-state index in [0.29, 0.717) is 11.6 Å². The van der Waals surface area contributed by atoms with Gasteiger partial charge in [-0.2, -0.15) is 5.10 Å². The zero-order chi connectivity index (χ0) is 15.1. The van der Waals surface area contributed by atoms with Gasteiger partial charge in [0.2, 0.25) is 11.9 Å². The van der Waals surface area contributed by atoms with Crippen molar-refractivity contribution in [3.05, 3.63) is 30.9 Å². The van der Waals surface area contributed by atoms with Crippen molar-refractivity contribution in [1.29, 1.82) is 0 Å². The number of carbonyl (C=O) groups is 1. The molecule has 0 unspecified atom stereocenters. The van der Waals surface area contributed by atoms with Crippen LogP contribution in [0.25, 0.3) is 5.95 Å². The Hall–Kier alpha value is -1.89. The molecule has 21 heavy (non-hydrogen) atoms. The van der Waals surface area contributed by atoms with E-state index in [0.717, 1.165) is 18.6 Å². The maximum atomic E-state index is 12.1. The van der Waals surface area contributed by atoms with Gasteiger partial charge in [-0.15, -0.1) is 11.8 Å². The molecule has 2 heterocycles. The molecule has 1 atom stereocenters. The summed E-state index contributed by atoms with van der Waals surface area (Å²) in [5.74, 6) is 1.47. The Morgan fingerprint density at radius 3 is 2.90 bits per heavy atom. The lowest BCUT2D eigenvalue weighted by atomic mass is 10.4. The SMILES string of the molecule is CCCCS[C@H](C)C(=O)Nc1cnn(-c2ncccn2)c1. The Morgan fingerprint density at radius 1 is 1.43 bits per heavy atom. The summed E-state index contributed by atoms with van der Waals surface area (Å²) in [4.78, 5) is 20.3. The van der Waals surface area contributed by atoms with Gasteiger partial charge in [0.25, 0.3) is 0 Å². The van der Waals surface area contributed by atoms with Gasteiger partial charge in [0, 0.05) is 12.4 Å². The van der Waals surface area contributed by atoms with E-state index in [1.54, 1.807) is 42.6 Å². The summed E-state index contributed by atoms with van der Waals surface area (Å²) in [7, 11) is 0. The highest BCUT2D eigenvalue weighted by atomic mass is 32.2. The number of hydrogen-bond acceptors (Lipinski definition) is 5. The Kier molecular flexibility index (Phi) is 5.74. The molecule has 7 heteroatoms. The smallest absolute Gasteiger partial charge is 0.250 e. The Labute approximate surface area is 128 Å². The number of rotatable bonds is 7. The first-order chi connectivity index (χ1) is 10.2. The Balaban J connectivity index is 1.92. The molecule has 1 N–H and O–H groups in total. The normalized spacial score (nSPS) is 12.1. The quantitative estimate of drug-likeness (QED) is 0.796. The molecule has 0 aliphatic rings. The van der Waals surface area contributed by atoms with Crippen LogP contribution >= 0.6 is 11.8 Å². The van der Waals surface area contributed by atoms with Crippen molar-refractivity contribution in [3.8, 4) is 5.95 Å². The lowest BCUT2D eigenvalue weighted by molar-refractivity contribution is -0.115. The number of hydrogen-bond donors (Lipinski definition) is 1. The van der Waals surface area contributed by atoms with E-state index in [9.17, 15) is 4.79 Å². The van der Waals surface area contributed by atoms with Gasteiger partial charge in [0.15, 0.2) is 0 Å². The van der Waals surface area contributed by atoms with Crippen LogP contribution in [-0.2, 0) is 4.79 Å². The van der Waals surface area contributed by atoms with E-state index in [2.05, 4.69) is 27.3 Å². The number of nitrogens with zero attached hydrogens (tertiary/aromatic N) is 4. The lowest BCUT2D eigenvalue weighted by Crippen LogP contribution is -2.22. The molecule has 0 spiro atoms. The van der Waals surface area contributed by atoms with E-state index >= 15 is 0 Å². The van der Waals surface area contributed by atoms with Gasteiger partial charge in [-0.1, -0.05) is 13.3 Å². The topological polar surface area (TPSA) is 72.7 Å². The molecule has 0 saturated carbocycles. The van der Waals surface area contributed by atoms with Crippen LogP contribution in [0.3, 0.4) is 0 Å². The second kappa shape index (κ2) is 7.78. The third-order valence-corrected chi connectivity index (χ3v) is 4.08. The summed E-state index contributed by atoms with van der Waals surface area (Å²) >= 11 is 1.67. The molecule has 112 valence electrons. The zero-order valence-electron chi connectivity index (χ0n) is 12.2. The fraction of sp³-hybridized carbons (Fsp3) is 0.429. The van der Waals surface area contributed by atoms with E-state index in [1.165, 1.54) is 4.68 Å². The number of amides is 1. The van der Waals surface area contributed by atoms with Gasteiger partial charge in [0.05, 0.1) is 23.3 Å². The number of unbranched alkanes of at least 4 members (excludes halogenated alkanes) is 1. The van der Waals surface area contributed by atoms with Crippen LogP contribution in [0.4, 0.5) is 5.69 Å². The number of nitrogens with one attached hydrogen (secondary N) is 1. The molecule has 2 aromatic rings. The average Bonchev–Trinajstić information content (AvgIpc) is 2.97. The van der Waals surface area contributed by atoms with Crippen molar-refractivity contribution in [2.24, 2.45) is 0 Å². The van der Waals surface area contributed by atoms with Crippen molar-refractivity contribution in [2.75, 3.05) is 11.1 Å². The van der Waals surface area contributed by atoms with Gasteiger partial charge in [-0.25, -0.2) is 14.6 Å². The monoisotopic (exact) mass is 305 g/mol. The minimum absolute atomic E-state index is 0.00960. The summed E-state index contributed by atoms with van der Waals surface area (Å²) in [6.45, 7) is 4.06. The Morgan fingerprint density at radius 2 is 2.19 bits per heavy atom. The molecule has 0 aliphatic carbocycles. The van der Waals surface area contributed by atoms with Crippen LogP contribution in [0.15, 0.2) is 30.9 Å². The van der Waals surface area contributed by atoms with Crippen LogP contribution in [0.1, 0.15) is 26.7 Å². The molecule has 0 bridgehead atoms. The van der Waals surface area contributed by atoms with Gasteiger partial charge < -0.3 is 5.32 Å². The van der Waals surface area contributed by atoms with E-state index in [1.807, 2.05) is 6.92 Å². The van der Waals surface area contributed by atoms with Crippen molar-refractivity contribution in [3.63, 3.8) is 0 Å². The Bertz CT molecular complexity index is 572. The van der Waals surface area contributed by atoms with E-state index in [-0.39, 0.29) is 11.2 Å². The number of carbonyl (C=O) groups excluding carboxylic acids is 1. The first kappa shape index (κ1) is 15.5. The fourth-order valence-corrected chi connectivity index (χ4v) is 2.65. The van der Waals surface area contributed by atoms with E-state index in [4.69, 9.17) is 0 Å². The molecule has 1 amide bonds. The predicted molar refractivity (Wildman–Crippen MR) is 84.6 cm³/mol. The number of anilines is 1. The van der Waals surface area contributed by atoms with Crippen LogP contribution in [0, 0.1) is 0 Å². The first-order valence-electron chi connectivity index (χ1n) is 6.95. The lowest BCUT2D eigenvalue weighted by Gasteiger charge is -2.10. The van der Waals surface area contributed by atoms with Crippen LogP contribution in [0.2, 0.25) is 0 Å². The highest BCUT2D eigenvalue weighted by Gasteiger charge is 2.14. The third-order valence-electron chi connectivity index (χ3n) is 2.84. The molecule has 0 saturated heterocycles. The van der Waals surface area contributed by atoms with Crippen LogP contribution in [-0.4, -0.2) is 36.7 Å². The highest BCUT2D eigenvalue weighted by molar-refractivity contribution is 8.00. The summed E-state index contributed by atoms with van der Waals surface area (Å²) in [5, 5.41) is 6.93. The molecular weight excluding hydrogens is 286 g/mol. The summed E-state index contributed by atoms with van der Waals surface area (Å²) in [6.07, 6.45) is 8.87. The standard InChI is InChI=1S/C14H19N5OS/c1-3-4-8-21-11(2)13(20)18-12-9-17-19(10-12)14-15-6-5-7-16-14/h5-7,9-11H,3-4,8H2,1-2H3,(H,18,20)/t11-/m1/s1.